The minimum Gasteiger partial charge on any atom is -0.497 e. The topological polar surface area (TPSA) is 45.2 Å². The molecule has 1 aliphatic rings. The summed E-state index contributed by atoms with van der Waals surface area (Å²) in [6.07, 6.45) is 2.68. The van der Waals surface area contributed by atoms with E-state index in [0.29, 0.717) is 0 Å². The van der Waals surface area contributed by atoms with Crippen molar-refractivity contribution in [1.82, 2.24) is 4.98 Å². The molecule has 3 aromatic rings. The van der Waals surface area contributed by atoms with E-state index in [4.69, 9.17) is 4.74 Å². The summed E-state index contributed by atoms with van der Waals surface area (Å²) >= 11 is 3.54. The number of nitrogens with one attached hydrogen (secondary N) is 1. The molecule has 4 rings (SSSR count). The maximum Gasteiger partial charge on any atom is 0.130 e. The zero-order valence-electron chi connectivity index (χ0n) is 12.9. The second-order valence-electron chi connectivity index (χ2n) is 6.11. The lowest BCUT2D eigenvalue weighted by Gasteiger charge is -2.33. The van der Waals surface area contributed by atoms with Crippen LogP contribution in [-0.2, 0) is 12.0 Å². The van der Waals surface area contributed by atoms with Crippen LogP contribution in [0.2, 0.25) is 0 Å². The Labute approximate surface area is 143 Å². The largest absolute Gasteiger partial charge is 0.497 e. The second-order valence-corrected chi connectivity index (χ2v) is 7.03. The van der Waals surface area contributed by atoms with E-state index in [-0.39, 0.29) is 0 Å². The van der Waals surface area contributed by atoms with Gasteiger partial charge in [0.25, 0.3) is 0 Å². The number of ether oxygens (including phenoxy) is 1. The standard InChI is InChI=1S/C19H18BrNO2/c1-23-14-7-4-12(5-8-14)19(22)10-2-3-15-16-11-13(20)6-9-17(16)21-18(15)19/h4-9,11,21-22H,2-3,10H2,1H3. The van der Waals surface area contributed by atoms with E-state index >= 15 is 0 Å². The Morgan fingerprint density at radius 3 is 2.70 bits per heavy atom. The van der Waals surface area contributed by atoms with E-state index in [0.717, 1.165) is 46.3 Å². The van der Waals surface area contributed by atoms with Crippen molar-refractivity contribution < 1.29 is 9.84 Å². The molecule has 0 saturated carbocycles. The minimum atomic E-state index is -0.967. The maximum atomic E-state index is 11.4. The summed E-state index contributed by atoms with van der Waals surface area (Å²) in [5.41, 5.74) is 3.18. The maximum absolute atomic E-state index is 11.4. The number of methoxy groups -OCH3 is 1. The average molecular weight is 372 g/mol. The van der Waals surface area contributed by atoms with Gasteiger partial charge in [-0.05, 0) is 60.7 Å². The molecule has 2 N–H and O–H groups in total. The summed E-state index contributed by atoms with van der Waals surface area (Å²) in [5, 5.41) is 12.6. The van der Waals surface area contributed by atoms with Crippen molar-refractivity contribution in [1.29, 1.82) is 0 Å². The monoisotopic (exact) mass is 371 g/mol. The minimum absolute atomic E-state index is 0.723. The Hall–Kier alpha value is -1.78. The predicted molar refractivity (Wildman–Crippen MR) is 94.9 cm³/mol. The summed E-state index contributed by atoms with van der Waals surface area (Å²) in [4.78, 5) is 3.46. The number of aromatic amines is 1. The van der Waals surface area contributed by atoms with Gasteiger partial charge in [-0.2, -0.15) is 0 Å². The lowest BCUT2D eigenvalue weighted by Crippen LogP contribution is -2.32. The van der Waals surface area contributed by atoms with Crippen molar-refractivity contribution in [3.8, 4) is 5.75 Å². The summed E-state index contributed by atoms with van der Waals surface area (Å²) in [6, 6.07) is 13.9. The van der Waals surface area contributed by atoms with Gasteiger partial charge in [-0.3, -0.25) is 0 Å². The quantitative estimate of drug-likeness (QED) is 0.695. The Balaban J connectivity index is 1.90. The third-order valence-electron chi connectivity index (χ3n) is 4.81. The van der Waals surface area contributed by atoms with E-state index in [2.05, 4.69) is 33.0 Å². The van der Waals surface area contributed by atoms with Crippen LogP contribution in [0.25, 0.3) is 10.9 Å². The summed E-state index contributed by atoms with van der Waals surface area (Å²) < 4.78 is 6.29. The molecule has 1 heterocycles. The smallest absolute Gasteiger partial charge is 0.130 e. The van der Waals surface area contributed by atoms with Crippen LogP contribution in [0.15, 0.2) is 46.9 Å². The first kappa shape index (κ1) is 14.8. The van der Waals surface area contributed by atoms with Crippen LogP contribution < -0.4 is 4.74 Å². The highest BCUT2D eigenvalue weighted by molar-refractivity contribution is 9.10. The first-order valence-electron chi connectivity index (χ1n) is 7.79. The van der Waals surface area contributed by atoms with Crippen LogP contribution in [0.3, 0.4) is 0 Å². The summed E-state index contributed by atoms with van der Waals surface area (Å²) in [5.74, 6) is 0.800. The molecule has 23 heavy (non-hydrogen) atoms. The van der Waals surface area contributed by atoms with E-state index in [1.807, 2.05) is 30.3 Å². The van der Waals surface area contributed by atoms with Gasteiger partial charge < -0.3 is 14.8 Å². The molecular formula is C19H18BrNO2. The van der Waals surface area contributed by atoms with Gasteiger partial charge >= 0.3 is 0 Å². The number of aliphatic hydroxyl groups is 1. The Bertz CT molecular complexity index is 869. The van der Waals surface area contributed by atoms with Crippen molar-refractivity contribution in [2.75, 3.05) is 7.11 Å². The average Bonchev–Trinajstić information content (AvgIpc) is 2.95. The Morgan fingerprint density at radius 2 is 1.96 bits per heavy atom. The highest BCUT2D eigenvalue weighted by Crippen LogP contribution is 2.43. The highest BCUT2D eigenvalue weighted by atomic mass is 79.9. The zero-order chi connectivity index (χ0) is 16.0. The molecule has 1 aromatic heterocycles. The first-order valence-corrected chi connectivity index (χ1v) is 8.58. The SMILES string of the molecule is COc1ccc(C2(O)CCCc3c2[nH]c2ccc(Br)cc32)cc1. The fourth-order valence-corrected chi connectivity index (χ4v) is 4.00. The van der Waals surface area contributed by atoms with Crippen molar-refractivity contribution in [2.45, 2.75) is 24.9 Å². The van der Waals surface area contributed by atoms with Gasteiger partial charge in [0.05, 0.1) is 12.8 Å². The number of hydrogen-bond donors (Lipinski definition) is 2. The Kier molecular flexibility index (Phi) is 3.47. The molecule has 0 bridgehead atoms. The van der Waals surface area contributed by atoms with Gasteiger partial charge in [0.15, 0.2) is 0 Å². The molecule has 3 nitrogen and oxygen atoms in total. The fraction of sp³-hybridized carbons (Fsp3) is 0.263. The zero-order valence-corrected chi connectivity index (χ0v) is 14.5. The summed E-state index contributed by atoms with van der Waals surface area (Å²) in [7, 11) is 1.65. The number of H-pyrrole nitrogens is 1. The van der Waals surface area contributed by atoms with Gasteiger partial charge in [0.1, 0.15) is 11.4 Å². The van der Waals surface area contributed by atoms with E-state index < -0.39 is 5.60 Å². The molecule has 118 valence electrons. The molecule has 0 radical (unpaired) electrons. The second kappa shape index (κ2) is 5.39. The third-order valence-corrected chi connectivity index (χ3v) is 5.31. The van der Waals surface area contributed by atoms with Crippen molar-refractivity contribution in [2.24, 2.45) is 0 Å². The number of fused-ring (bicyclic) bond motifs is 3. The van der Waals surface area contributed by atoms with Crippen molar-refractivity contribution in [3.05, 3.63) is 63.8 Å². The lowest BCUT2D eigenvalue weighted by atomic mass is 9.78. The number of benzene rings is 2. The van der Waals surface area contributed by atoms with Crippen LogP contribution in [-0.4, -0.2) is 17.2 Å². The number of rotatable bonds is 2. The number of aryl methyl sites for hydroxylation is 1. The molecule has 0 amide bonds. The van der Waals surface area contributed by atoms with Crippen LogP contribution >= 0.6 is 15.9 Å². The lowest BCUT2D eigenvalue weighted by molar-refractivity contribution is 0.0579. The van der Waals surface area contributed by atoms with Gasteiger partial charge in [-0.25, -0.2) is 0 Å². The van der Waals surface area contributed by atoms with Crippen molar-refractivity contribution in [3.63, 3.8) is 0 Å². The van der Waals surface area contributed by atoms with Gasteiger partial charge in [-0.1, -0.05) is 28.1 Å². The molecule has 1 unspecified atom stereocenters. The molecule has 0 fully saturated rings. The van der Waals surface area contributed by atoms with Gasteiger partial charge in [-0.15, -0.1) is 0 Å². The number of aromatic nitrogens is 1. The third kappa shape index (κ3) is 2.28. The molecular weight excluding hydrogens is 354 g/mol. The molecule has 0 aliphatic heterocycles. The van der Waals surface area contributed by atoms with E-state index in [9.17, 15) is 5.11 Å². The summed E-state index contributed by atoms with van der Waals surface area (Å²) in [6.45, 7) is 0. The number of hydrogen-bond acceptors (Lipinski definition) is 2. The normalized spacial score (nSPS) is 20.5. The van der Waals surface area contributed by atoms with Crippen molar-refractivity contribution >= 4 is 26.8 Å². The van der Waals surface area contributed by atoms with Crippen LogP contribution in [0.1, 0.15) is 29.7 Å². The molecule has 1 aliphatic carbocycles. The van der Waals surface area contributed by atoms with Crippen LogP contribution in [0.4, 0.5) is 0 Å². The molecule has 0 saturated heterocycles. The Morgan fingerprint density at radius 1 is 1.17 bits per heavy atom. The van der Waals surface area contributed by atoms with Gasteiger partial charge in [0, 0.05) is 15.4 Å². The first-order chi connectivity index (χ1) is 11.1. The van der Waals surface area contributed by atoms with Crippen LogP contribution in [0.5, 0.6) is 5.75 Å². The van der Waals surface area contributed by atoms with E-state index in [1.54, 1.807) is 7.11 Å². The molecule has 4 heteroatoms. The van der Waals surface area contributed by atoms with Gasteiger partial charge in [0.2, 0.25) is 0 Å². The van der Waals surface area contributed by atoms with Crippen LogP contribution in [0, 0.1) is 0 Å². The number of halogens is 1. The highest BCUT2D eigenvalue weighted by Gasteiger charge is 2.38. The molecule has 0 spiro atoms. The molecule has 2 aromatic carbocycles. The predicted octanol–water partition coefficient (Wildman–Crippen LogP) is 4.51. The fourth-order valence-electron chi connectivity index (χ4n) is 3.63. The van der Waals surface area contributed by atoms with E-state index in [1.165, 1.54) is 10.9 Å². The molecule has 1 atom stereocenters.